The lowest BCUT2D eigenvalue weighted by Gasteiger charge is -2.21. The van der Waals surface area contributed by atoms with Crippen molar-refractivity contribution in [1.29, 1.82) is 0 Å². The third-order valence-corrected chi connectivity index (χ3v) is 4.08. The molecule has 13 heteroatoms. The van der Waals surface area contributed by atoms with Crippen LogP contribution in [-0.4, -0.2) is 70.5 Å². The molecule has 0 bridgehead atoms. The van der Waals surface area contributed by atoms with E-state index in [-0.39, 0.29) is 25.2 Å². The number of nitrogens with one attached hydrogen (secondary N) is 3. The Hall–Kier alpha value is -3.22. The van der Waals surface area contributed by atoms with Gasteiger partial charge in [-0.05, 0) is 25.2 Å². The minimum absolute atomic E-state index is 0.166. The van der Waals surface area contributed by atoms with E-state index in [1.807, 2.05) is 13.8 Å². The second-order valence-corrected chi connectivity index (χ2v) is 7.41. The molecule has 9 N–H and O–H groups in total. The lowest BCUT2D eigenvalue weighted by atomic mass is 10.0. The molecule has 0 heterocycles. The summed E-state index contributed by atoms with van der Waals surface area (Å²) in [7, 11) is 0. The predicted molar refractivity (Wildman–Crippen MR) is 107 cm³/mol. The van der Waals surface area contributed by atoms with Gasteiger partial charge in [0.05, 0.1) is 12.6 Å². The van der Waals surface area contributed by atoms with Gasteiger partial charge in [0.25, 0.3) is 0 Å². The van der Waals surface area contributed by atoms with Crippen molar-refractivity contribution in [1.82, 2.24) is 16.0 Å². The Kier molecular flexibility index (Phi) is 12.5. The van der Waals surface area contributed by atoms with Crippen LogP contribution in [0.25, 0.3) is 0 Å². The van der Waals surface area contributed by atoms with E-state index in [2.05, 4.69) is 16.0 Å². The van der Waals surface area contributed by atoms with E-state index in [4.69, 9.17) is 21.7 Å². The van der Waals surface area contributed by atoms with Crippen molar-refractivity contribution in [3.8, 4) is 0 Å². The summed E-state index contributed by atoms with van der Waals surface area (Å²) in [4.78, 5) is 69.4. The third kappa shape index (κ3) is 12.8. The number of rotatable bonds is 15. The molecular formula is C18H31N5O8. The van der Waals surface area contributed by atoms with Gasteiger partial charge >= 0.3 is 11.9 Å². The van der Waals surface area contributed by atoms with Crippen LogP contribution in [-0.2, 0) is 28.8 Å². The molecule has 176 valence electrons. The summed E-state index contributed by atoms with van der Waals surface area (Å²) in [5.74, 6) is -5.55. The Bertz CT molecular complexity index is 682. The number of hydrogen-bond acceptors (Lipinski definition) is 7. The lowest BCUT2D eigenvalue weighted by Crippen LogP contribution is -2.54. The molecule has 0 aromatic heterocycles. The number of carbonyl (C=O) groups excluding carboxylic acids is 4. The smallest absolute Gasteiger partial charge is 0.326 e. The third-order valence-electron chi connectivity index (χ3n) is 4.08. The van der Waals surface area contributed by atoms with Gasteiger partial charge < -0.3 is 37.6 Å². The molecule has 0 aromatic rings. The van der Waals surface area contributed by atoms with E-state index < -0.39 is 66.7 Å². The second-order valence-electron chi connectivity index (χ2n) is 7.41. The summed E-state index contributed by atoms with van der Waals surface area (Å²) in [6.07, 6.45) is -0.977. The van der Waals surface area contributed by atoms with Crippen LogP contribution in [0, 0.1) is 5.92 Å². The fourth-order valence-corrected chi connectivity index (χ4v) is 2.51. The Morgan fingerprint density at radius 3 is 1.94 bits per heavy atom. The van der Waals surface area contributed by atoms with Crippen LogP contribution in [0.15, 0.2) is 0 Å². The van der Waals surface area contributed by atoms with Crippen molar-refractivity contribution in [2.75, 3.05) is 6.54 Å². The van der Waals surface area contributed by atoms with Crippen LogP contribution < -0.4 is 27.4 Å². The largest absolute Gasteiger partial charge is 0.481 e. The van der Waals surface area contributed by atoms with Gasteiger partial charge in [0.1, 0.15) is 12.1 Å². The lowest BCUT2D eigenvalue weighted by molar-refractivity contribution is -0.143. The van der Waals surface area contributed by atoms with Gasteiger partial charge in [0.2, 0.25) is 23.6 Å². The van der Waals surface area contributed by atoms with Crippen molar-refractivity contribution < 1.29 is 39.0 Å². The minimum Gasteiger partial charge on any atom is -0.481 e. The summed E-state index contributed by atoms with van der Waals surface area (Å²) in [6.45, 7) is 3.26. The highest BCUT2D eigenvalue weighted by molar-refractivity contribution is 5.92. The maximum atomic E-state index is 12.4. The summed E-state index contributed by atoms with van der Waals surface area (Å²) < 4.78 is 0. The van der Waals surface area contributed by atoms with E-state index >= 15 is 0 Å². The van der Waals surface area contributed by atoms with Gasteiger partial charge in [0.15, 0.2) is 0 Å². The molecule has 0 aliphatic heterocycles. The first-order chi connectivity index (χ1) is 14.3. The SMILES string of the molecule is CC(C)CC(N)C(=O)NCC(=O)NC(CCC(N)=O)C(=O)NC(CCC(=O)O)C(=O)O. The number of hydrogen-bond donors (Lipinski definition) is 7. The first-order valence-electron chi connectivity index (χ1n) is 9.69. The molecule has 0 rings (SSSR count). The van der Waals surface area contributed by atoms with Crippen LogP contribution in [0.4, 0.5) is 0 Å². The standard InChI is InChI=1S/C18H31N5O8/c1-9(2)7-10(19)16(28)21-8-14(25)22-11(3-5-13(20)24)17(29)23-12(18(30)31)4-6-15(26)27/h9-12H,3-8,19H2,1-2H3,(H2,20,24)(H,21,28)(H,22,25)(H,23,29)(H,26,27)(H,30,31). The molecule has 0 radical (unpaired) electrons. The number of carbonyl (C=O) groups is 6. The van der Waals surface area contributed by atoms with Crippen molar-refractivity contribution in [2.45, 2.75) is 64.1 Å². The molecule has 3 unspecified atom stereocenters. The summed E-state index contributed by atoms with van der Waals surface area (Å²) in [5.41, 5.74) is 10.8. The van der Waals surface area contributed by atoms with Gasteiger partial charge in [-0.1, -0.05) is 13.8 Å². The van der Waals surface area contributed by atoms with Gasteiger partial charge in [-0.2, -0.15) is 0 Å². The van der Waals surface area contributed by atoms with Crippen molar-refractivity contribution in [3.05, 3.63) is 0 Å². The zero-order valence-electron chi connectivity index (χ0n) is 17.6. The van der Waals surface area contributed by atoms with Crippen LogP contribution in [0.1, 0.15) is 46.0 Å². The molecule has 13 nitrogen and oxygen atoms in total. The molecule has 0 aliphatic rings. The molecule has 0 fully saturated rings. The first-order valence-corrected chi connectivity index (χ1v) is 9.69. The van der Waals surface area contributed by atoms with Gasteiger partial charge in [-0.3, -0.25) is 24.0 Å². The van der Waals surface area contributed by atoms with E-state index in [1.165, 1.54) is 0 Å². The van der Waals surface area contributed by atoms with E-state index in [0.717, 1.165) is 0 Å². The number of carboxylic acid groups (broad SMARTS) is 2. The van der Waals surface area contributed by atoms with Crippen LogP contribution >= 0.6 is 0 Å². The molecule has 0 aromatic carbocycles. The molecule has 4 amide bonds. The summed E-state index contributed by atoms with van der Waals surface area (Å²) in [5, 5.41) is 24.6. The molecule has 31 heavy (non-hydrogen) atoms. The second kappa shape index (κ2) is 13.9. The Morgan fingerprint density at radius 2 is 1.45 bits per heavy atom. The maximum absolute atomic E-state index is 12.4. The zero-order chi connectivity index (χ0) is 24.1. The van der Waals surface area contributed by atoms with Crippen molar-refractivity contribution in [3.63, 3.8) is 0 Å². The normalized spacial score (nSPS) is 13.5. The fourth-order valence-electron chi connectivity index (χ4n) is 2.51. The van der Waals surface area contributed by atoms with Crippen molar-refractivity contribution >= 4 is 35.6 Å². The monoisotopic (exact) mass is 445 g/mol. The number of primary amides is 1. The van der Waals surface area contributed by atoms with Gasteiger partial charge in [-0.15, -0.1) is 0 Å². The molecule has 0 aliphatic carbocycles. The number of aliphatic carboxylic acids is 2. The topological polar surface area (TPSA) is 231 Å². The highest BCUT2D eigenvalue weighted by Gasteiger charge is 2.27. The molecule has 0 saturated carbocycles. The highest BCUT2D eigenvalue weighted by Crippen LogP contribution is 2.04. The van der Waals surface area contributed by atoms with Crippen LogP contribution in [0.5, 0.6) is 0 Å². The minimum atomic E-state index is -1.51. The van der Waals surface area contributed by atoms with Crippen molar-refractivity contribution in [2.24, 2.45) is 17.4 Å². The van der Waals surface area contributed by atoms with E-state index in [0.29, 0.717) is 6.42 Å². The fraction of sp³-hybridized carbons (Fsp3) is 0.667. The first kappa shape index (κ1) is 27.8. The Morgan fingerprint density at radius 1 is 0.871 bits per heavy atom. The Balaban J connectivity index is 4.99. The van der Waals surface area contributed by atoms with Crippen LogP contribution in [0.3, 0.4) is 0 Å². The molecule has 0 spiro atoms. The Labute approximate surface area is 179 Å². The highest BCUT2D eigenvalue weighted by atomic mass is 16.4. The van der Waals surface area contributed by atoms with Gasteiger partial charge in [-0.25, -0.2) is 4.79 Å². The predicted octanol–water partition coefficient (Wildman–Crippen LogP) is -2.34. The van der Waals surface area contributed by atoms with E-state index in [1.54, 1.807) is 0 Å². The zero-order valence-corrected chi connectivity index (χ0v) is 17.6. The number of nitrogens with two attached hydrogens (primary N) is 2. The van der Waals surface area contributed by atoms with E-state index in [9.17, 15) is 28.8 Å². The number of amides is 4. The summed E-state index contributed by atoms with van der Waals surface area (Å²) >= 11 is 0. The molecule has 0 saturated heterocycles. The summed E-state index contributed by atoms with van der Waals surface area (Å²) in [6, 6.07) is -3.65. The number of carboxylic acids is 2. The van der Waals surface area contributed by atoms with Gasteiger partial charge in [0, 0.05) is 12.8 Å². The molecule has 3 atom stereocenters. The maximum Gasteiger partial charge on any atom is 0.326 e. The average molecular weight is 445 g/mol. The average Bonchev–Trinajstić information content (AvgIpc) is 2.64. The van der Waals surface area contributed by atoms with Crippen LogP contribution in [0.2, 0.25) is 0 Å². The molecular weight excluding hydrogens is 414 g/mol. The quantitative estimate of drug-likeness (QED) is 0.143.